The van der Waals surface area contributed by atoms with Gasteiger partial charge in [0, 0.05) is 5.02 Å². The van der Waals surface area contributed by atoms with Crippen LogP contribution in [0.5, 0.6) is 5.75 Å². The SMILES string of the molecule is Cc1ccc(S(=O)(=O)N(CC(=O)NCCOc2ccc(C)c(C)c2)c2cc(Cl)ccc2C)cc1. The van der Waals surface area contributed by atoms with Crippen molar-refractivity contribution in [3.05, 3.63) is 87.9 Å². The van der Waals surface area contributed by atoms with E-state index in [4.69, 9.17) is 16.3 Å². The van der Waals surface area contributed by atoms with Crippen LogP contribution in [0.25, 0.3) is 0 Å². The van der Waals surface area contributed by atoms with Gasteiger partial charge in [-0.25, -0.2) is 8.42 Å². The largest absolute Gasteiger partial charge is 0.492 e. The van der Waals surface area contributed by atoms with E-state index in [1.54, 1.807) is 37.3 Å². The van der Waals surface area contributed by atoms with Crippen LogP contribution in [0.15, 0.2) is 65.6 Å². The van der Waals surface area contributed by atoms with E-state index in [0.717, 1.165) is 21.2 Å². The average Bonchev–Trinajstić information content (AvgIpc) is 2.79. The molecule has 0 heterocycles. The fraction of sp³-hybridized carbons (Fsp3) is 0.269. The van der Waals surface area contributed by atoms with Crippen LogP contribution in [0.2, 0.25) is 5.02 Å². The lowest BCUT2D eigenvalue weighted by atomic mass is 10.1. The number of nitrogens with zero attached hydrogens (tertiary/aromatic N) is 1. The molecule has 0 aliphatic rings. The molecule has 0 bridgehead atoms. The first kappa shape index (κ1) is 25.6. The second-order valence-electron chi connectivity index (χ2n) is 8.20. The van der Waals surface area contributed by atoms with Crippen molar-refractivity contribution in [3.63, 3.8) is 0 Å². The lowest BCUT2D eigenvalue weighted by molar-refractivity contribution is -0.119. The van der Waals surface area contributed by atoms with Crippen LogP contribution < -0.4 is 14.4 Å². The molecule has 3 aromatic carbocycles. The van der Waals surface area contributed by atoms with Crippen molar-refractivity contribution in [1.29, 1.82) is 0 Å². The van der Waals surface area contributed by atoms with Gasteiger partial charge in [-0.1, -0.05) is 41.4 Å². The van der Waals surface area contributed by atoms with E-state index in [9.17, 15) is 13.2 Å². The Bertz CT molecular complexity index is 1270. The zero-order chi connectivity index (χ0) is 24.9. The van der Waals surface area contributed by atoms with Crippen LogP contribution >= 0.6 is 11.6 Å². The summed E-state index contributed by atoms with van der Waals surface area (Å²) in [4.78, 5) is 12.9. The highest BCUT2D eigenvalue weighted by Gasteiger charge is 2.28. The molecule has 0 spiro atoms. The Morgan fingerprint density at radius 2 is 1.59 bits per heavy atom. The normalized spacial score (nSPS) is 11.2. The minimum atomic E-state index is -4.01. The Hall–Kier alpha value is -3.03. The van der Waals surface area contributed by atoms with Gasteiger partial charge >= 0.3 is 0 Å². The Balaban J connectivity index is 1.74. The maximum Gasteiger partial charge on any atom is 0.264 e. The molecule has 0 radical (unpaired) electrons. The van der Waals surface area contributed by atoms with E-state index in [0.29, 0.717) is 16.3 Å². The first-order chi connectivity index (χ1) is 16.1. The predicted octanol–water partition coefficient (Wildman–Crippen LogP) is 4.96. The molecule has 1 N–H and O–H groups in total. The highest BCUT2D eigenvalue weighted by Crippen LogP contribution is 2.29. The van der Waals surface area contributed by atoms with Crippen molar-refractivity contribution in [2.24, 2.45) is 0 Å². The number of amides is 1. The molecular formula is C26H29ClN2O4S. The van der Waals surface area contributed by atoms with Crippen molar-refractivity contribution in [2.45, 2.75) is 32.6 Å². The van der Waals surface area contributed by atoms with Crippen LogP contribution in [-0.4, -0.2) is 34.0 Å². The summed E-state index contributed by atoms with van der Waals surface area (Å²) in [7, 11) is -4.01. The Morgan fingerprint density at radius 1 is 0.912 bits per heavy atom. The molecule has 0 saturated carbocycles. The lowest BCUT2D eigenvalue weighted by Crippen LogP contribution is -2.42. The number of carbonyl (C=O) groups excluding carboxylic acids is 1. The van der Waals surface area contributed by atoms with Gasteiger partial charge in [-0.3, -0.25) is 9.10 Å². The van der Waals surface area contributed by atoms with E-state index in [2.05, 4.69) is 5.32 Å². The highest BCUT2D eigenvalue weighted by molar-refractivity contribution is 7.92. The van der Waals surface area contributed by atoms with Crippen LogP contribution in [0.3, 0.4) is 0 Å². The molecule has 3 rings (SSSR count). The summed E-state index contributed by atoms with van der Waals surface area (Å²) >= 11 is 6.16. The Morgan fingerprint density at radius 3 is 2.26 bits per heavy atom. The second-order valence-corrected chi connectivity index (χ2v) is 10.5. The number of halogens is 1. The molecule has 0 saturated heterocycles. The molecule has 1 amide bonds. The van der Waals surface area contributed by atoms with Gasteiger partial charge in [0.15, 0.2) is 0 Å². The smallest absolute Gasteiger partial charge is 0.264 e. The van der Waals surface area contributed by atoms with Gasteiger partial charge in [0.1, 0.15) is 18.9 Å². The first-order valence-corrected chi connectivity index (χ1v) is 12.7. The second kappa shape index (κ2) is 10.9. The molecular weight excluding hydrogens is 472 g/mol. The van der Waals surface area contributed by atoms with E-state index in [1.165, 1.54) is 17.7 Å². The minimum Gasteiger partial charge on any atom is -0.492 e. The minimum absolute atomic E-state index is 0.100. The third-order valence-corrected chi connectivity index (χ3v) is 7.52. The van der Waals surface area contributed by atoms with Crippen molar-refractivity contribution in [3.8, 4) is 5.75 Å². The van der Waals surface area contributed by atoms with Gasteiger partial charge in [-0.05, 0) is 80.8 Å². The fourth-order valence-corrected chi connectivity index (χ4v) is 4.98. The van der Waals surface area contributed by atoms with Gasteiger partial charge < -0.3 is 10.1 Å². The van der Waals surface area contributed by atoms with Crippen molar-refractivity contribution < 1.29 is 17.9 Å². The fourth-order valence-electron chi connectivity index (χ4n) is 3.34. The quantitative estimate of drug-likeness (QED) is 0.421. The molecule has 180 valence electrons. The summed E-state index contributed by atoms with van der Waals surface area (Å²) in [5.41, 5.74) is 4.27. The summed E-state index contributed by atoms with van der Waals surface area (Å²) < 4.78 is 33.8. The number of sulfonamides is 1. The molecule has 0 aliphatic heterocycles. The van der Waals surface area contributed by atoms with E-state index in [-0.39, 0.29) is 24.6 Å². The molecule has 0 fully saturated rings. The third kappa shape index (κ3) is 6.30. The number of ether oxygens (including phenoxy) is 1. The van der Waals surface area contributed by atoms with Gasteiger partial charge in [0.05, 0.1) is 17.1 Å². The van der Waals surface area contributed by atoms with Gasteiger partial charge in [0.25, 0.3) is 10.0 Å². The summed E-state index contributed by atoms with van der Waals surface area (Å²) in [6, 6.07) is 17.3. The Kier molecular flexibility index (Phi) is 8.23. The number of rotatable bonds is 9. The summed E-state index contributed by atoms with van der Waals surface area (Å²) in [6.45, 7) is 7.79. The molecule has 8 heteroatoms. The number of benzene rings is 3. The zero-order valence-electron chi connectivity index (χ0n) is 19.8. The summed E-state index contributed by atoms with van der Waals surface area (Å²) in [5, 5.41) is 3.12. The number of hydrogen-bond acceptors (Lipinski definition) is 4. The number of nitrogens with one attached hydrogen (secondary N) is 1. The van der Waals surface area contributed by atoms with Crippen molar-refractivity contribution in [1.82, 2.24) is 5.32 Å². The monoisotopic (exact) mass is 500 g/mol. The number of anilines is 1. The molecule has 6 nitrogen and oxygen atoms in total. The highest BCUT2D eigenvalue weighted by atomic mass is 35.5. The standard InChI is InChI=1S/C26H29ClN2O4S/c1-18-5-11-24(12-6-18)34(31,32)29(25-16-22(27)9-7-20(25)3)17-26(30)28-13-14-33-23-10-8-19(2)21(4)15-23/h5-12,15-16H,13-14,17H2,1-4H3,(H,28,30). The number of hydrogen-bond donors (Lipinski definition) is 1. The number of aryl methyl sites for hydroxylation is 4. The van der Waals surface area contributed by atoms with E-state index in [1.807, 2.05) is 39.0 Å². The Labute approximate surface area is 206 Å². The maximum atomic E-state index is 13.5. The lowest BCUT2D eigenvalue weighted by Gasteiger charge is -2.26. The maximum absolute atomic E-state index is 13.5. The van der Waals surface area contributed by atoms with E-state index >= 15 is 0 Å². The molecule has 0 aromatic heterocycles. The first-order valence-electron chi connectivity index (χ1n) is 10.9. The van der Waals surface area contributed by atoms with Crippen LogP contribution in [0.4, 0.5) is 5.69 Å². The van der Waals surface area contributed by atoms with Crippen molar-refractivity contribution >= 4 is 33.2 Å². The topological polar surface area (TPSA) is 75.7 Å². The number of carbonyl (C=O) groups is 1. The molecule has 0 aliphatic carbocycles. The molecule has 3 aromatic rings. The zero-order valence-corrected chi connectivity index (χ0v) is 21.3. The average molecular weight is 501 g/mol. The van der Waals surface area contributed by atoms with Crippen LogP contribution in [0.1, 0.15) is 22.3 Å². The molecule has 0 atom stereocenters. The summed E-state index contributed by atoms with van der Waals surface area (Å²) in [5.74, 6) is 0.272. The van der Waals surface area contributed by atoms with Gasteiger partial charge in [-0.15, -0.1) is 0 Å². The van der Waals surface area contributed by atoms with Gasteiger partial charge in [-0.2, -0.15) is 0 Å². The third-order valence-electron chi connectivity index (χ3n) is 5.51. The van der Waals surface area contributed by atoms with Crippen LogP contribution in [-0.2, 0) is 14.8 Å². The molecule has 0 unspecified atom stereocenters. The van der Waals surface area contributed by atoms with E-state index < -0.39 is 15.9 Å². The molecule has 34 heavy (non-hydrogen) atoms. The summed E-state index contributed by atoms with van der Waals surface area (Å²) in [6.07, 6.45) is 0. The predicted molar refractivity (Wildman–Crippen MR) is 136 cm³/mol. The van der Waals surface area contributed by atoms with Crippen LogP contribution in [0, 0.1) is 27.7 Å². The van der Waals surface area contributed by atoms with Gasteiger partial charge in [0.2, 0.25) is 5.91 Å². The van der Waals surface area contributed by atoms with Crippen molar-refractivity contribution in [2.75, 3.05) is 24.0 Å².